The summed E-state index contributed by atoms with van der Waals surface area (Å²) in [5.41, 5.74) is 2.82. The van der Waals surface area contributed by atoms with Crippen LogP contribution in [-0.2, 0) is 25.5 Å². The Labute approximate surface area is 179 Å². The summed E-state index contributed by atoms with van der Waals surface area (Å²) >= 11 is 0. The first kappa shape index (κ1) is 21.9. The van der Waals surface area contributed by atoms with Crippen molar-refractivity contribution in [2.75, 3.05) is 35.0 Å². The molecule has 0 unspecified atom stereocenters. The Kier molecular flexibility index (Phi) is 6.59. The van der Waals surface area contributed by atoms with E-state index < -0.39 is 17.7 Å². The average Bonchev–Trinajstić information content (AvgIpc) is 2.82. The van der Waals surface area contributed by atoms with Crippen LogP contribution >= 0.6 is 0 Å². The second-order valence-corrected chi connectivity index (χ2v) is 6.66. The van der Waals surface area contributed by atoms with Gasteiger partial charge >= 0.3 is 17.6 Å². The van der Waals surface area contributed by atoms with E-state index in [4.69, 9.17) is 14.2 Å². The first-order chi connectivity index (χ1) is 15.0. The van der Waals surface area contributed by atoms with Crippen molar-refractivity contribution in [3.05, 3.63) is 70.6 Å². The quantitative estimate of drug-likeness (QED) is 0.328. The molecule has 31 heavy (non-hydrogen) atoms. The van der Waals surface area contributed by atoms with E-state index in [0.717, 1.165) is 23.8 Å². The molecular formula is C23H24NO7+. The number of esters is 2. The van der Waals surface area contributed by atoms with Gasteiger partial charge in [0, 0.05) is 12.0 Å². The Morgan fingerprint density at radius 3 is 2.10 bits per heavy atom. The Hall–Kier alpha value is -3.81. The standard InChI is InChI=1S/C23H23NO7/c1-28-17-12-15-10-11-24(20(22(26)30-3)21(25)23(27)31-4)19(14-8-6-5-7-9-14)16(15)13-18(17)29-2/h5-9,12-13H,10-11H2,1-4H3/p+1. The summed E-state index contributed by atoms with van der Waals surface area (Å²) in [7, 11) is 5.41. The van der Waals surface area contributed by atoms with Crippen LogP contribution in [0.1, 0.15) is 16.7 Å². The van der Waals surface area contributed by atoms with Gasteiger partial charge in [0.25, 0.3) is 5.76 Å². The minimum atomic E-state index is -1.04. The highest BCUT2D eigenvalue weighted by Crippen LogP contribution is 2.34. The van der Waals surface area contributed by atoms with Crippen molar-refractivity contribution in [1.29, 1.82) is 0 Å². The van der Waals surface area contributed by atoms with Crippen LogP contribution < -0.4 is 9.47 Å². The van der Waals surface area contributed by atoms with E-state index in [1.54, 1.807) is 11.7 Å². The number of carbonyl (C=O) groups is 2. The zero-order valence-corrected chi connectivity index (χ0v) is 17.8. The highest BCUT2D eigenvalue weighted by atomic mass is 16.5. The Morgan fingerprint density at radius 2 is 1.52 bits per heavy atom. The molecule has 0 atom stereocenters. The lowest BCUT2D eigenvalue weighted by atomic mass is 9.91. The fourth-order valence-corrected chi connectivity index (χ4v) is 3.59. The maximum atomic E-state index is 12.6. The van der Waals surface area contributed by atoms with Gasteiger partial charge in [-0.2, -0.15) is 4.58 Å². The minimum absolute atomic E-state index is 0.298. The fraction of sp³-hybridized carbons (Fsp3) is 0.261. The first-order valence-corrected chi connectivity index (χ1v) is 9.51. The second-order valence-electron chi connectivity index (χ2n) is 6.66. The molecule has 8 heteroatoms. The Balaban J connectivity index is 2.40. The number of benzene rings is 2. The molecule has 0 spiro atoms. The lowest BCUT2D eigenvalue weighted by molar-refractivity contribution is -0.475. The maximum Gasteiger partial charge on any atom is 0.407 e. The van der Waals surface area contributed by atoms with E-state index >= 15 is 0 Å². The molecule has 0 aliphatic carbocycles. The van der Waals surface area contributed by atoms with Crippen molar-refractivity contribution in [3.63, 3.8) is 0 Å². The molecule has 1 heterocycles. The molecule has 2 aromatic rings. The Bertz CT molecular complexity index is 1070. The van der Waals surface area contributed by atoms with Crippen LogP contribution in [0.3, 0.4) is 0 Å². The molecule has 1 aliphatic heterocycles. The van der Waals surface area contributed by atoms with Gasteiger partial charge in [-0.15, -0.1) is 0 Å². The summed E-state index contributed by atoms with van der Waals surface area (Å²) < 4.78 is 22.0. The number of nitrogens with zero attached hydrogens (tertiary/aromatic N) is 1. The van der Waals surface area contributed by atoms with Crippen molar-refractivity contribution >= 4 is 17.7 Å². The highest BCUT2D eigenvalue weighted by Gasteiger charge is 2.39. The molecule has 0 radical (unpaired) electrons. The van der Waals surface area contributed by atoms with Crippen molar-refractivity contribution in [2.45, 2.75) is 6.42 Å². The van der Waals surface area contributed by atoms with Gasteiger partial charge in [-0.05, 0) is 29.8 Å². The van der Waals surface area contributed by atoms with Crippen molar-refractivity contribution < 1.29 is 38.2 Å². The molecule has 1 N–H and O–H groups in total. The predicted octanol–water partition coefficient (Wildman–Crippen LogP) is 2.23. The second kappa shape index (κ2) is 9.34. The van der Waals surface area contributed by atoms with Gasteiger partial charge in [0.1, 0.15) is 0 Å². The minimum Gasteiger partial charge on any atom is -0.497 e. The van der Waals surface area contributed by atoms with Crippen LogP contribution in [0.15, 0.2) is 53.9 Å². The van der Waals surface area contributed by atoms with Crippen LogP contribution in [0.4, 0.5) is 0 Å². The third-order valence-electron chi connectivity index (χ3n) is 5.04. The van der Waals surface area contributed by atoms with Crippen LogP contribution in [0.25, 0.3) is 0 Å². The third-order valence-corrected chi connectivity index (χ3v) is 5.04. The molecule has 0 bridgehead atoms. The number of hydrogen-bond donors (Lipinski definition) is 1. The molecular weight excluding hydrogens is 402 g/mol. The lowest BCUT2D eigenvalue weighted by Gasteiger charge is -2.21. The number of aliphatic hydroxyl groups excluding tert-OH is 1. The summed E-state index contributed by atoms with van der Waals surface area (Å²) in [6.07, 6.45) is 0.515. The Morgan fingerprint density at radius 1 is 0.903 bits per heavy atom. The van der Waals surface area contributed by atoms with E-state index in [1.807, 2.05) is 42.5 Å². The lowest BCUT2D eigenvalue weighted by Crippen LogP contribution is -2.35. The van der Waals surface area contributed by atoms with Crippen molar-refractivity contribution in [3.8, 4) is 11.5 Å². The smallest absolute Gasteiger partial charge is 0.407 e. The van der Waals surface area contributed by atoms with Gasteiger partial charge in [0.05, 0.1) is 34.0 Å². The summed E-state index contributed by atoms with van der Waals surface area (Å²) in [6, 6.07) is 13.0. The molecule has 0 aromatic heterocycles. The molecule has 1 aliphatic rings. The van der Waals surface area contributed by atoms with Gasteiger partial charge in [0.15, 0.2) is 18.0 Å². The van der Waals surface area contributed by atoms with Crippen LogP contribution in [0.5, 0.6) is 11.5 Å². The van der Waals surface area contributed by atoms with Crippen molar-refractivity contribution in [2.24, 2.45) is 0 Å². The topological polar surface area (TPSA) is 94.3 Å². The van der Waals surface area contributed by atoms with E-state index in [2.05, 4.69) is 4.74 Å². The number of methoxy groups -OCH3 is 4. The molecule has 3 rings (SSSR count). The number of carbonyl (C=O) groups excluding carboxylic acids is 2. The number of aliphatic hydroxyl groups is 1. The molecule has 0 amide bonds. The van der Waals surface area contributed by atoms with E-state index in [0.29, 0.717) is 30.2 Å². The third kappa shape index (κ3) is 4.09. The summed E-state index contributed by atoms with van der Waals surface area (Å²) in [5.74, 6) is -1.63. The number of rotatable bonds is 6. The maximum absolute atomic E-state index is 12.6. The van der Waals surface area contributed by atoms with Crippen LogP contribution in [0, 0.1) is 0 Å². The molecule has 0 fully saturated rings. The SMILES string of the molecule is COC(=O)/C(O)=C(\C(=O)OC)[N+]1=C(c2ccccc2)c2cc(OC)c(OC)cc2CC1. The number of hydrogen-bond acceptors (Lipinski definition) is 7. The summed E-state index contributed by atoms with van der Waals surface area (Å²) in [5, 5.41) is 10.5. The highest BCUT2D eigenvalue weighted by molar-refractivity contribution is 6.12. The van der Waals surface area contributed by atoms with Gasteiger partial charge in [-0.1, -0.05) is 18.2 Å². The normalized spacial score (nSPS) is 13.7. The average molecular weight is 426 g/mol. The van der Waals surface area contributed by atoms with Gasteiger partial charge in [-0.25, -0.2) is 9.59 Å². The van der Waals surface area contributed by atoms with E-state index in [-0.39, 0.29) is 5.70 Å². The fourth-order valence-electron chi connectivity index (χ4n) is 3.59. The largest absolute Gasteiger partial charge is 0.497 e. The zero-order valence-electron chi connectivity index (χ0n) is 17.8. The van der Waals surface area contributed by atoms with Crippen LogP contribution in [0.2, 0.25) is 0 Å². The summed E-state index contributed by atoms with van der Waals surface area (Å²) in [4.78, 5) is 24.7. The van der Waals surface area contributed by atoms with Gasteiger partial charge < -0.3 is 24.1 Å². The molecule has 2 aromatic carbocycles. The van der Waals surface area contributed by atoms with Gasteiger partial charge in [0.2, 0.25) is 5.71 Å². The zero-order chi connectivity index (χ0) is 22.5. The number of fused-ring (bicyclic) bond motifs is 1. The van der Waals surface area contributed by atoms with Crippen molar-refractivity contribution in [1.82, 2.24) is 0 Å². The molecule has 0 saturated carbocycles. The van der Waals surface area contributed by atoms with Gasteiger partial charge in [-0.3, -0.25) is 0 Å². The number of ether oxygens (including phenoxy) is 4. The monoisotopic (exact) mass is 426 g/mol. The van der Waals surface area contributed by atoms with E-state index in [1.165, 1.54) is 14.2 Å². The first-order valence-electron chi connectivity index (χ1n) is 9.51. The van der Waals surface area contributed by atoms with E-state index in [9.17, 15) is 14.7 Å². The molecule has 0 saturated heterocycles. The van der Waals surface area contributed by atoms with Crippen LogP contribution in [-0.4, -0.2) is 62.3 Å². The summed E-state index contributed by atoms with van der Waals surface area (Å²) in [6.45, 7) is 0.304. The predicted molar refractivity (Wildman–Crippen MR) is 112 cm³/mol. The molecule has 162 valence electrons. The molecule has 8 nitrogen and oxygen atoms in total.